The standard InChI is InChI=1S/C20H22ClN5O4/c1-11-8-26(20(30)24-19(11)29)15-9-25(10-16(15)27)18(28)4-2-3-17-22-13-6-5-12(21)7-14(13)23-17/h5-8,15-16,27H,2-4,9-10H2,1H3,(H,22,23)(H,24,29,30)/t15-,16-/m1/s1. The first-order valence-electron chi connectivity index (χ1n) is 9.74. The second-order valence-electron chi connectivity index (χ2n) is 7.61. The van der Waals surface area contributed by atoms with Gasteiger partial charge in [-0.05, 0) is 31.5 Å². The van der Waals surface area contributed by atoms with Crippen LogP contribution in [-0.4, -0.2) is 54.6 Å². The average molecular weight is 432 g/mol. The van der Waals surface area contributed by atoms with Crippen LogP contribution in [0, 0.1) is 6.92 Å². The fraction of sp³-hybridized carbons (Fsp3) is 0.400. The van der Waals surface area contributed by atoms with E-state index in [9.17, 15) is 19.5 Å². The van der Waals surface area contributed by atoms with Gasteiger partial charge in [0.15, 0.2) is 0 Å². The summed E-state index contributed by atoms with van der Waals surface area (Å²) in [5.41, 5.74) is 1.01. The van der Waals surface area contributed by atoms with E-state index >= 15 is 0 Å². The van der Waals surface area contributed by atoms with Crippen LogP contribution in [0.4, 0.5) is 0 Å². The van der Waals surface area contributed by atoms with Gasteiger partial charge in [0, 0.05) is 42.7 Å². The molecule has 1 aliphatic heterocycles. The van der Waals surface area contributed by atoms with Crippen LogP contribution in [0.25, 0.3) is 11.0 Å². The molecule has 0 radical (unpaired) electrons. The van der Waals surface area contributed by atoms with Crippen molar-refractivity contribution in [2.45, 2.75) is 38.3 Å². The molecular formula is C20H22ClN5O4. The number of aryl methyl sites for hydroxylation is 2. The third-order valence-corrected chi connectivity index (χ3v) is 5.65. The highest BCUT2D eigenvalue weighted by atomic mass is 35.5. The fourth-order valence-corrected chi connectivity index (χ4v) is 3.97. The highest BCUT2D eigenvalue weighted by Gasteiger charge is 2.35. The number of aromatic amines is 2. The number of nitrogens with zero attached hydrogens (tertiary/aromatic N) is 3. The predicted molar refractivity (Wildman–Crippen MR) is 112 cm³/mol. The Labute approximate surface area is 176 Å². The van der Waals surface area contributed by atoms with E-state index in [0.717, 1.165) is 16.9 Å². The van der Waals surface area contributed by atoms with Crippen LogP contribution < -0.4 is 11.2 Å². The van der Waals surface area contributed by atoms with E-state index in [1.54, 1.807) is 17.9 Å². The lowest BCUT2D eigenvalue weighted by Crippen LogP contribution is -2.37. The maximum atomic E-state index is 12.6. The number of carbonyl (C=O) groups excluding carboxylic acids is 1. The summed E-state index contributed by atoms with van der Waals surface area (Å²) < 4.78 is 1.30. The molecule has 0 unspecified atom stereocenters. The quantitative estimate of drug-likeness (QED) is 0.558. The van der Waals surface area contributed by atoms with Crippen molar-refractivity contribution in [2.24, 2.45) is 0 Å². The van der Waals surface area contributed by atoms with Crippen molar-refractivity contribution in [3.63, 3.8) is 0 Å². The molecule has 2 atom stereocenters. The second-order valence-corrected chi connectivity index (χ2v) is 8.05. The van der Waals surface area contributed by atoms with Crippen molar-refractivity contribution >= 4 is 28.5 Å². The number of amides is 1. The zero-order chi connectivity index (χ0) is 21.4. The van der Waals surface area contributed by atoms with Crippen molar-refractivity contribution in [3.05, 3.63) is 61.6 Å². The van der Waals surface area contributed by atoms with Gasteiger partial charge in [-0.1, -0.05) is 11.6 Å². The zero-order valence-corrected chi connectivity index (χ0v) is 17.1. The number of halogens is 1. The van der Waals surface area contributed by atoms with Gasteiger partial charge >= 0.3 is 5.69 Å². The van der Waals surface area contributed by atoms with E-state index in [2.05, 4.69) is 15.0 Å². The van der Waals surface area contributed by atoms with Gasteiger partial charge in [0.05, 0.1) is 23.2 Å². The van der Waals surface area contributed by atoms with Crippen LogP contribution >= 0.6 is 11.6 Å². The molecule has 10 heteroatoms. The number of nitrogens with one attached hydrogen (secondary N) is 2. The summed E-state index contributed by atoms with van der Waals surface area (Å²) in [5, 5.41) is 11.0. The maximum Gasteiger partial charge on any atom is 0.328 e. The number of hydrogen-bond donors (Lipinski definition) is 3. The van der Waals surface area contributed by atoms with Gasteiger partial charge in [0.2, 0.25) is 5.91 Å². The molecule has 0 bridgehead atoms. The molecule has 1 aliphatic rings. The number of imidazole rings is 1. The summed E-state index contributed by atoms with van der Waals surface area (Å²) in [6.07, 6.45) is 2.06. The number of β-amino-alcohol motifs (C(OH)–C–C–N with tert-alkyl or cyclic N) is 1. The molecule has 0 spiro atoms. The van der Waals surface area contributed by atoms with Gasteiger partial charge in [-0.2, -0.15) is 0 Å². The van der Waals surface area contributed by atoms with Crippen LogP contribution in [0.15, 0.2) is 34.0 Å². The van der Waals surface area contributed by atoms with Crippen LogP contribution in [0.3, 0.4) is 0 Å². The number of aliphatic hydroxyl groups is 1. The third kappa shape index (κ3) is 4.03. The summed E-state index contributed by atoms with van der Waals surface area (Å²) in [4.78, 5) is 47.7. The van der Waals surface area contributed by atoms with Gasteiger partial charge in [-0.3, -0.25) is 19.1 Å². The van der Waals surface area contributed by atoms with Crippen molar-refractivity contribution in [3.8, 4) is 0 Å². The Morgan fingerprint density at radius 2 is 2.10 bits per heavy atom. The number of aromatic nitrogens is 4. The summed E-state index contributed by atoms with van der Waals surface area (Å²) in [7, 11) is 0. The van der Waals surface area contributed by atoms with Crippen molar-refractivity contribution < 1.29 is 9.90 Å². The van der Waals surface area contributed by atoms with Crippen LogP contribution in [0.2, 0.25) is 5.02 Å². The van der Waals surface area contributed by atoms with E-state index in [-0.39, 0.29) is 19.0 Å². The molecular weight excluding hydrogens is 410 g/mol. The Kier molecular flexibility index (Phi) is 5.48. The molecule has 158 valence electrons. The molecule has 1 aromatic carbocycles. The normalized spacial score (nSPS) is 19.0. The zero-order valence-electron chi connectivity index (χ0n) is 16.4. The minimum atomic E-state index is -0.878. The Balaban J connectivity index is 1.36. The number of benzene rings is 1. The largest absolute Gasteiger partial charge is 0.389 e. The summed E-state index contributed by atoms with van der Waals surface area (Å²) in [6, 6.07) is 4.85. The molecule has 30 heavy (non-hydrogen) atoms. The highest BCUT2D eigenvalue weighted by Crippen LogP contribution is 2.22. The van der Waals surface area contributed by atoms with Crippen molar-refractivity contribution in [1.82, 2.24) is 24.4 Å². The molecule has 9 nitrogen and oxygen atoms in total. The summed E-state index contributed by atoms with van der Waals surface area (Å²) in [5.74, 6) is 0.694. The molecule has 0 saturated carbocycles. The van der Waals surface area contributed by atoms with Crippen molar-refractivity contribution in [2.75, 3.05) is 13.1 Å². The molecule has 1 fully saturated rings. The Hall–Kier alpha value is -2.91. The molecule has 4 rings (SSSR count). The highest BCUT2D eigenvalue weighted by molar-refractivity contribution is 6.31. The van der Waals surface area contributed by atoms with Crippen LogP contribution in [0.1, 0.15) is 30.3 Å². The molecule has 3 heterocycles. The first-order valence-corrected chi connectivity index (χ1v) is 10.1. The second kappa shape index (κ2) is 8.08. The number of carbonyl (C=O) groups is 1. The average Bonchev–Trinajstić information content (AvgIpc) is 3.27. The van der Waals surface area contributed by atoms with E-state index in [1.807, 2.05) is 12.1 Å². The monoisotopic (exact) mass is 431 g/mol. The topological polar surface area (TPSA) is 124 Å². The summed E-state index contributed by atoms with van der Waals surface area (Å²) in [6.45, 7) is 1.96. The minimum Gasteiger partial charge on any atom is -0.389 e. The van der Waals surface area contributed by atoms with Gasteiger partial charge in [0.1, 0.15) is 5.82 Å². The molecule has 3 aromatic rings. The summed E-state index contributed by atoms with van der Waals surface area (Å²) >= 11 is 5.98. The molecule has 0 aliphatic carbocycles. The predicted octanol–water partition coefficient (Wildman–Crippen LogP) is 1.14. The van der Waals surface area contributed by atoms with E-state index < -0.39 is 23.4 Å². The molecule has 1 amide bonds. The Bertz CT molecular complexity index is 1210. The lowest BCUT2D eigenvalue weighted by Gasteiger charge is -2.17. The fourth-order valence-electron chi connectivity index (χ4n) is 3.80. The lowest BCUT2D eigenvalue weighted by atomic mass is 10.2. The first kappa shape index (κ1) is 20.4. The first-order chi connectivity index (χ1) is 14.3. The van der Waals surface area contributed by atoms with E-state index in [0.29, 0.717) is 29.8 Å². The van der Waals surface area contributed by atoms with Gasteiger partial charge in [-0.15, -0.1) is 0 Å². The van der Waals surface area contributed by atoms with Crippen LogP contribution in [0.5, 0.6) is 0 Å². The number of H-pyrrole nitrogens is 2. The number of likely N-dealkylation sites (tertiary alicyclic amines) is 1. The number of aliphatic hydroxyl groups excluding tert-OH is 1. The maximum absolute atomic E-state index is 12.6. The Morgan fingerprint density at radius 1 is 1.30 bits per heavy atom. The van der Waals surface area contributed by atoms with Crippen molar-refractivity contribution in [1.29, 1.82) is 0 Å². The van der Waals surface area contributed by atoms with Gasteiger partial charge in [0.25, 0.3) is 5.56 Å². The smallest absolute Gasteiger partial charge is 0.328 e. The number of rotatable bonds is 5. The number of hydrogen-bond acceptors (Lipinski definition) is 5. The molecule has 3 N–H and O–H groups in total. The number of fused-ring (bicyclic) bond motifs is 1. The third-order valence-electron chi connectivity index (χ3n) is 5.41. The van der Waals surface area contributed by atoms with Gasteiger partial charge in [-0.25, -0.2) is 9.78 Å². The molecule has 2 aromatic heterocycles. The van der Waals surface area contributed by atoms with Gasteiger partial charge < -0.3 is 15.0 Å². The van der Waals surface area contributed by atoms with Crippen LogP contribution in [-0.2, 0) is 11.2 Å². The molecule has 1 saturated heterocycles. The Morgan fingerprint density at radius 3 is 2.90 bits per heavy atom. The van der Waals surface area contributed by atoms with E-state index in [1.165, 1.54) is 10.8 Å². The van der Waals surface area contributed by atoms with E-state index in [4.69, 9.17) is 11.6 Å². The minimum absolute atomic E-state index is 0.0927. The lowest BCUT2D eigenvalue weighted by molar-refractivity contribution is -0.130. The SMILES string of the molecule is Cc1cn([C@@H]2CN(C(=O)CCCc3nc4ccc(Cl)cc4[nH]3)C[C@H]2O)c(=O)[nH]c1=O.